The molecule has 21 heavy (non-hydrogen) atoms. The summed E-state index contributed by atoms with van der Waals surface area (Å²) >= 11 is 3.17. The van der Waals surface area contributed by atoms with Crippen molar-refractivity contribution in [2.75, 3.05) is 11.4 Å². The first kappa shape index (κ1) is 14.0. The summed E-state index contributed by atoms with van der Waals surface area (Å²) in [7, 11) is 0. The fraction of sp³-hybridized carbons (Fsp3) is 0.267. The van der Waals surface area contributed by atoms with Crippen molar-refractivity contribution in [1.29, 1.82) is 5.26 Å². The van der Waals surface area contributed by atoms with Crippen LogP contribution in [0.1, 0.15) is 30.1 Å². The van der Waals surface area contributed by atoms with Gasteiger partial charge in [-0.3, -0.25) is 0 Å². The number of aromatic nitrogens is 2. The Morgan fingerprint density at radius 3 is 2.95 bits per heavy atom. The fourth-order valence-corrected chi connectivity index (χ4v) is 2.92. The van der Waals surface area contributed by atoms with Crippen LogP contribution in [-0.4, -0.2) is 16.5 Å². The number of rotatable bonds is 2. The maximum absolute atomic E-state index is 13.7. The molecule has 0 bridgehead atoms. The molecule has 106 valence electrons. The summed E-state index contributed by atoms with van der Waals surface area (Å²) in [6.07, 6.45) is 3.34. The Morgan fingerprint density at radius 1 is 1.33 bits per heavy atom. The van der Waals surface area contributed by atoms with Crippen molar-refractivity contribution in [2.45, 2.75) is 18.9 Å². The van der Waals surface area contributed by atoms with Crippen LogP contribution < -0.4 is 4.90 Å². The lowest BCUT2D eigenvalue weighted by molar-refractivity contribution is 0.611. The van der Waals surface area contributed by atoms with Crippen LogP contribution in [-0.2, 0) is 0 Å². The Labute approximate surface area is 130 Å². The molecule has 0 saturated carbocycles. The molecule has 2 heterocycles. The number of hydrogen-bond donors (Lipinski definition) is 0. The molecular formula is C15H12BrFN4. The van der Waals surface area contributed by atoms with Gasteiger partial charge in [0.2, 0.25) is 0 Å². The minimum Gasteiger partial charge on any atom is -0.349 e. The van der Waals surface area contributed by atoms with E-state index in [0.717, 1.165) is 24.9 Å². The van der Waals surface area contributed by atoms with Crippen molar-refractivity contribution < 1.29 is 4.39 Å². The molecule has 1 aromatic carbocycles. The second-order valence-electron chi connectivity index (χ2n) is 4.90. The zero-order valence-corrected chi connectivity index (χ0v) is 12.7. The van der Waals surface area contributed by atoms with Gasteiger partial charge >= 0.3 is 0 Å². The van der Waals surface area contributed by atoms with Gasteiger partial charge in [-0.25, -0.2) is 14.4 Å². The van der Waals surface area contributed by atoms with Crippen molar-refractivity contribution in [2.24, 2.45) is 0 Å². The van der Waals surface area contributed by atoms with Gasteiger partial charge in [0.05, 0.1) is 10.5 Å². The maximum atomic E-state index is 13.7. The van der Waals surface area contributed by atoms with Gasteiger partial charge < -0.3 is 4.90 Å². The Kier molecular flexibility index (Phi) is 3.84. The van der Waals surface area contributed by atoms with Crippen LogP contribution >= 0.6 is 15.9 Å². The predicted molar refractivity (Wildman–Crippen MR) is 80.2 cm³/mol. The highest BCUT2D eigenvalue weighted by Crippen LogP contribution is 2.36. The van der Waals surface area contributed by atoms with E-state index in [-0.39, 0.29) is 11.9 Å². The Balaban J connectivity index is 1.95. The van der Waals surface area contributed by atoms with Gasteiger partial charge in [-0.15, -0.1) is 0 Å². The molecule has 0 aliphatic carbocycles. The average molecular weight is 347 g/mol. The van der Waals surface area contributed by atoms with Crippen LogP contribution in [0.2, 0.25) is 0 Å². The molecule has 1 aromatic heterocycles. The zero-order chi connectivity index (χ0) is 14.8. The van der Waals surface area contributed by atoms with E-state index < -0.39 is 0 Å². The number of nitrogens with zero attached hydrogens (tertiary/aromatic N) is 4. The first-order chi connectivity index (χ1) is 10.2. The number of hydrogen-bond acceptors (Lipinski definition) is 4. The van der Waals surface area contributed by atoms with E-state index in [1.54, 1.807) is 18.2 Å². The SMILES string of the molecule is N#Cc1cc(N2CCC[C@@H]2c2ccc(Br)c(F)c2)ncn1. The van der Waals surface area contributed by atoms with Crippen LogP contribution in [0.15, 0.2) is 35.1 Å². The molecule has 0 radical (unpaired) electrons. The first-order valence-corrected chi connectivity index (χ1v) is 7.42. The summed E-state index contributed by atoms with van der Waals surface area (Å²) in [6.45, 7) is 0.838. The van der Waals surface area contributed by atoms with E-state index in [1.807, 2.05) is 12.1 Å². The summed E-state index contributed by atoms with van der Waals surface area (Å²) in [6, 6.07) is 8.97. The highest BCUT2D eigenvalue weighted by atomic mass is 79.9. The molecule has 1 aliphatic rings. The smallest absolute Gasteiger partial charge is 0.145 e. The molecule has 1 fully saturated rings. The van der Waals surface area contributed by atoms with Gasteiger partial charge in [0, 0.05) is 12.6 Å². The Hall–Kier alpha value is -2.00. The van der Waals surface area contributed by atoms with Crippen molar-refractivity contribution >= 4 is 21.7 Å². The maximum Gasteiger partial charge on any atom is 0.145 e. The van der Waals surface area contributed by atoms with E-state index in [0.29, 0.717) is 16.0 Å². The molecule has 1 saturated heterocycles. The van der Waals surface area contributed by atoms with Crippen LogP contribution in [0.5, 0.6) is 0 Å². The summed E-state index contributed by atoms with van der Waals surface area (Å²) in [5.41, 5.74) is 1.26. The third-order valence-corrected chi connectivity index (χ3v) is 4.29. The molecule has 0 amide bonds. The molecule has 0 unspecified atom stereocenters. The summed E-state index contributed by atoms with van der Waals surface area (Å²) in [5, 5.41) is 8.94. The Morgan fingerprint density at radius 2 is 2.19 bits per heavy atom. The van der Waals surface area contributed by atoms with E-state index >= 15 is 0 Å². The minimum absolute atomic E-state index is 0.0778. The van der Waals surface area contributed by atoms with Gasteiger partial charge in [0.25, 0.3) is 0 Å². The third kappa shape index (κ3) is 2.74. The van der Waals surface area contributed by atoms with Crippen molar-refractivity contribution in [1.82, 2.24) is 9.97 Å². The molecular weight excluding hydrogens is 335 g/mol. The predicted octanol–water partition coefficient (Wildman–Crippen LogP) is 3.59. The van der Waals surface area contributed by atoms with Crippen LogP contribution in [0.3, 0.4) is 0 Å². The molecule has 3 rings (SSSR count). The normalized spacial score (nSPS) is 17.8. The molecule has 1 atom stereocenters. The third-order valence-electron chi connectivity index (χ3n) is 3.64. The van der Waals surface area contributed by atoms with Gasteiger partial charge in [0.1, 0.15) is 29.7 Å². The first-order valence-electron chi connectivity index (χ1n) is 6.63. The van der Waals surface area contributed by atoms with Gasteiger partial charge in [-0.2, -0.15) is 5.26 Å². The number of benzene rings is 1. The topological polar surface area (TPSA) is 52.8 Å². The molecule has 6 heteroatoms. The van der Waals surface area contributed by atoms with Crippen LogP contribution in [0.25, 0.3) is 0 Å². The van der Waals surface area contributed by atoms with E-state index in [1.165, 1.54) is 6.33 Å². The van der Waals surface area contributed by atoms with E-state index in [4.69, 9.17) is 5.26 Å². The molecule has 2 aromatic rings. The largest absolute Gasteiger partial charge is 0.349 e. The van der Waals surface area contributed by atoms with E-state index in [9.17, 15) is 4.39 Å². The minimum atomic E-state index is -0.264. The van der Waals surface area contributed by atoms with Gasteiger partial charge in [0.15, 0.2) is 0 Å². The Bertz CT molecular complexity index is 713. The molecule has 0 N–H and O–H groups in total. The molecule has 1 aliphatic heterocycles. The van der Waals surface area contributed by atoms with E-state index in [2.05, 4.69) is 30.8 Å². The number of halogens is 2. The lowest BCUT2D eigenvalue weighted by Gasteiger charge is -2.26. The van der Waals surface area contributed by atoms with Gasteiger partial charge in [-0.1, -0.05) is 6.07 Å². The summed E-state index contributed by atoms with van der Waals surface area (Å²) in [4.78, 5) is 10.2. The summed E-state index contributed by atoms with van der Waals surface area (Å²) < 4.78 is 14.2. The van der Waals surface area contributed by atoms with Crippen LogP contribution in [0.4, 0.5) is 10.2 Å². The molecule has 4 nitrogen and oxygen atoms in total. The standard InChI is InChI=1S/C15H12BrFN4/c16-12-4-3-10(6-13(12)17)14-2-1-5-21(14)15-7-11(8-18)19-9-20-15/h3-4,6-7,9,14H,1-2,5H2/t14-/m1/s1. The lowest BCUT2D eigenvalue weighted by Crippen LogP contribution is -2.23. The summed E-state index contributed by atoms with van der Waals surface area (Å²) in [5.74, 6) is 0.451. The second kappa shape index (κ2) is 5.78. The zero-order valence-electron chi connectivity index (χ0n) is 11.1. The van der Waals surface area contributed by atoms with Crippen molar-refractivity contribution in [3.63, 3.8) is 0 Å². The molecule has 0 spiro atoms. The van der Waals surface area contributed by atoms with Crippen molar-refractivity contribution in [3.8, 4) is 6.07 Å². The van der Waals surface area contributed by atoms with Gasteiger partial charge in [-0.05, 0) is 46.5 Å². The highest BCUT2D eigenvalue weighted by molar-refractivity contribution is 9.10. The van der Waals surface area contributed by atoms with Crippen LogP contribution in [0, 0.1) is 17.1 Å². The fourth-order valence-electron chi connectivity index (χ4n) is 2.67. The second-order valence-corrected chi connectivity index (χ2v) is 5.75. The van der Waals surface area contributed by atoms with Crippen molar-refractivity contribution in [3.05, 3.63) is 52.1 Å². The average Bonchev–Trinajstić information content (AvgIpc) is 2.99. The highest BCUT2D eigenvalue weighted by Gasteiger charge is 2.27. The number of anilines is 1. The monoisotopic (exact) mass is 346 g/mol. The lowest BCUT2D eigenvalue weighted by atomic mass is 10.0. The number of nitriles is 1. The quantitative estimate of drug-likeness (QED) is 0.833.